The molecular formula is C12H11BrClN3O. The predicted octanol–water partition coefficient (Wildman–Crippen LogP) is 3.45. The molecule has 0 bridgehead atoms. The summed E-state index contributed by atoms with van der Waals surface area (Å²) in [5.41, 5.74) is 7.26. The Hall–Kier alpha value is -1.17. The number of hydrogen-bond acceptors (Lipinski definition) is 4. The van der Waals surface area contributed by atoms with Gasteiger partial charge in [0.2, 0.25) is 0 Å². The fourth-order valence-electron chi connectivity index (χ4n) is 1.38. The quantitative estimate of drug-likeness (QED) is 0.937. The highest BCUT2D eigenvalue weighted by atomic mass is 79.9. The topological polar surface area (TPSA) is 61.0 Å². The average molecular weight is 329 g/mol. The molecule has 0 aliphatic heterocycles. The predicted molar refractivity (Wildman–Crippen MR) is 73.9 cm³/mol. The van der Waals surface area contributed by atoms with Crippen LogP contribution in [0.1, 0.15) is 11.3 Å². The normalized spacial score (nSPS) is 10.4. The van der Waals surface area contributed by atoms with Crippen LogP contribution < -0.4 is 10.5 Å². The Bertz CT molecular complexity index is 577. The van der Waals surface area contributed by atoms with Crippen molar-refractivity contribution in [3.63, 3.8) is 0 Å². The minimum atomic E-state index is 0.285. The lowest BCUT2D eigenvalue weighted by Gasteiger charge is -2.08. The van der Waals surface area contributed by atoms with Crippen LogP contribution in [0.5, 0.6) is 11.8 Å². The second-order valence-corrected chi connectivity index (χ2v) is 4.93. The monoisotopic (exact) mass is 327 g/mol. The highest BCUT2D eigenvalue weighted by Gasteiger charge is 2.07. The Kier molecular flexibility index (Phi) is 4.16. The number of rotatable bonds is 3. The van der Waals surface area contributed by atoms with E-state index in [1.807, 2.05) is 6.92 Å². The lowest BCUT2D eigenvalue weighted by atomic mass is 10.2. The Morgan fingerprint density at radius 3 is 2.83 bits per heavy atom. The largest absolute Gasteiger partial charge is 0.423 e. The number of nitrogens with two attached hydrogens (primary N) is 1. The Morgan fingerprint density at radius 2 is 2.22 bits per heavy atom. The van der Waals surface area contributed by atoms with Crippen LogP contribution in [0.15, 0.2) is 28.9 Å². The number of aromatic nitrogens is 2. The molecule has 0 spiro atoms. The summed E-state index contributed by atoms with van der Waals surface area (Å²) >= 11 is 9.22. The van der Waals surface area contributed by atoms with Gasteiger partial charge in [-0.2, -0.15) is 4.98 Å². The minimum absolute atomic E-state index is 0.285. The summed E-state index contributed by atoms with van der Waals surface area (Å²) < 4.78 is 6.33. The van der Waals surface area contributed by atoms with Crippen LogP contribution in [0.4, 0.5) is 0 Å². The molecule has 0 aliphatic carbocycles. The van der Waals surface area contributed by atoms with E-state index in [9.17, 15) is 0 Å². The van der Waals surface area contributed by atoms with E-state index < -0.39 is 0 Å². The third-order valence-electron chi connectivity index (χ3n) is 2.37. The zero-order valence-corrected chi connectivity index (χ0v) is 12.0. The van der Waals surface area contributed by atoms with Crippen molar-refractivity contribution in [3.8, 4) is 11.8 Å². The highest BCUT2D eigenvalue weighted by molar-refractivity contribution is 9.10. The number of aryl methyl sites for hydroxylation is 1. The van der Waals surface area contributed by atoms with Crippen LogP contribution >= 0.6 is 27.5 Å². The van der Waals surface area contributed by atoms with Crippen LogP contribution in [0.25, 0.3) is 0 Å². The van der Waals surface area contributed by atoms with Crippen LogP contribution in [0.2, 0.25) is 5.02 Å². The van der Waals surface area contributed by atoms with Crippen molar-refractivity contribution in [2.45, 2.75) is 13.5 Å². The fourth-order valence-corrected chi connectivity index (χ4v) is 2.14. The second kappa shape index (κ2) is 5.65. The van der Waals surface area contributed by atoms with Gasteiger partial charge in [0.25, 0.3) is 0 Å². The number of halogens is 2. The molecule has 0 aliphatic rings. The zero-order chi connectivity index (χ0) is 13.1. The average Bonchev–Trinajstić information content (AvgIpc) is 2.33. The van der Waals surface area contributed by atoms with Gasteiger partial charge in [0.05, 0.1) is 4.47 Å². The molecule has 0 atom stereocenters. The van der Waals surface area contributed by atoms with E-state index in [0.717, 1.165) is 15.7 Å². The summed E-state index contributed by atoms with van der Waals surface area (Å²) in [5, 5.41) is 0.629. The van der Waals surface area contributed by atoms with Gasteiger partial charge in [-0.05, 0) is 41.1 Å². The second-order valence-electron chi connectivity index (χ2n) is 3.64. The van der Waals surface area contributed by atoms with E-state index in [0.29, 0.717) is 17.3 Å². The van der Waals surface area contributed by atoms with E-state index in [2.05, 4.69) is 25.9 Å². The first-order chi connectivity index (χ1) is 8.60. The van der Waals surface area contributed by atoms with Crippen LogP contribution in [0.3, 0.4) is 0 Å². The molecule has 6 heteroatoms. The molecule has 94 valence electrons. The Balaban J connectivity index is 2.26. The smallest absolute Gasteiger partial charge is 0.322 e. The summed E-state index contributed by atoms with van der Waals surface area (Å²) in [4.78, 5) is 8.34. The first-order valence-corrected chi connectivity index (χ1v) is 6.42. The van der Waals surface area contributed by atoms with Gasteiger partial charge < -0.3 is 10.5 Å². The molecule has 2 N–H and O–H groups in total. The van der Waals surface area contributed by atoms with Crippen molar-refractivity contribution in [3.05, 3.63) is 45.1 Å². The number of benzene rings is 1. The molecule has 0 saturated carbocycles. The van der Waals surface area contributed by atoms with Gasteiger partial charge in [-0.1, -0.05) is 11.6 Å². The van der Waals surface area contributed by atoms with Gasteiger partial charge in [0, 0.05) is 29.0 Å². The number of ether oxygens (including phenoxy) is 1. The van der Waals surface area contributed by atoms with Crippen molar-refractivity contribution in [1.29, 1.82) is 0 Å². The van der Waals surface area contributed by atoms with Crippen LogP contribution in [-0.2, 0) is 6.54 Å². The zero-order valence-electron chi connectivity index (χ0n) is 9.65. The van der Waals surface area contributed by atoms with E-state index in [1.165, 1.54) is 0 Å². The van der Waals surface area contributed by atoms with Crippen molar-refractivity contribution in [1.82, 2.24) is 9.97 Å². The summed E-state index contributed by atoms with van der Waals surface area (Å²) in [6, 6.07) is 5.52. The third-order valence-corrected chi connectivity index (χ3v) is 3.23. The molecule has 1 heterocycles. The summed E-state index contributed by atoms with van der Waals surface area (Å²) in [6.45, 7) is 2.28. The van der Waals surface area contributed by atoms with Crippen molar-refractivity contribution >= 4 is 27.5 Å². The number of hydrogen-bond donors (Lipinski definition) is 1. The first-order valence-electron chi connectivity index (χ1n) is 5.25. The van der Waals surface area contributed by atoms with Gasteiger partial charge >= 0.3 is 6.01 Å². The molecular weight excluding hydrogens is 318 g/mol. The standard InChI is InChI=1S/C12H11BrClN3O/c1-7-8(5-15)6-16-12(17-7)18-11-3-2-9(14)4-10(11)13/h2-4,6H,5,15H2,1H3. The molecule has 4 nitrogen and oxygen atoms in total. The summed E-state index contributed by atoms with van der Waals surface area (Å²) in [7, 11) is 0. The SMILES string of the molecule is Cc1nc(Oc2ccc(Cl)cc2Br)ncc1CN. The highest BCUT2D eigenvalue weighted by Crippen LogP contribution is 2.30. The van der Waals surface area contributed by atoms with Crippen molar-refractivity contribution in [2.75, 3.05) is 0 Å². The molecule has 0 amide bonds. The van der Waals surface area contributed by atoms with Gasteiger partial charge in [-0.15, -0.1) is 0 Å². The maximum absolute atomic E-state index is 5.85. The van der Waals surface area contributed by atoms with Crippen molar-refractivity contribution < 1.29 is 4.74 Å². The van der Waals surface area contributed by atoms with Gasteiger partial charge in [-0.25, -0.2) is 4.98 Å². The Labute approximate surface area is 118 Å². The summed E-state index contributed by atoms with van der Waals surface area (Å²) in [5.74, 6) is 0.610. The third kappa shape index (κ3) is 2.98. The van der Waals surface area contributed by atoms with Gasteiger partial charge in [-0.3, -0.25) is 0 Å². The lowest BCUT2D eigenvalue weighted by Crippen LogP contribution is -2.03. The molecule has 0 radical (unpaired) electrons. The maximum Gasteiger partial charge on any atom is 0.322 e. The van der Waals surface area contributed by atoms with E-state index in [4.69, 9.17) is 22.1 Å². The van der Waals surface area contributed by atoms with Crippen LogP contribution in [-0.4, -0.2) is 9.97 Å². The van der Waals surface area contributed by atoms with E-state index in [-0.39, 0.29) is 6.01 Å². The Morgan fingerprint density at radius 1 is 1.44 bits per heavy atom. The number of nitrogens with zero attached hydrogens (tertiary/aromatic N) is 2. The molecule has 1 aromatic heterocycles. The van der Waals surface area contributed by atoms with Gasteiger partial charge in [0.1, 0.15) is 5.75 Å². The molecule has 18 heavy (non-hydrogen) atoms. The molecule has 2 rings (SSSR count). The fraction of sp³-hybridized carbons (Fsp3) is 0.167. The van der Waals surface area contributed by atoms with E-state index in [1.54, 1.807) is 24.4 Å². The van der Waals surface area contributed by atoms with Gasteiger partial charge in [0.15, 0.2) is 0 Å². The molecule has 2 aromatic rings. The van der Waals surface area contributed by atoms with E-state index >= 15 is 0 Å². The molecule has 0 unspecified atom stereocenters. The van der Waals surface area contributed by atoms with Crippen LogP contribution in [0, 0.1) is 6.92 Å². The molecule has 1 aromatic carbocycles. The van der Waals surface area contributed by atoms with Crippen molar-refractivity contribution in [2.24, 2.45) is 5.73 Å². The molecule has 0 fully saturated rings. The maximum atomic E-state index is 5.85. The minimum Gasteiger partial charge on any atom is -0.423 e. The first kappa shape index (κ1) is 13.3. The molecule has 0 saturated heterocycles. The lowest BCUT2D eigenvalue weighted by molar-refractivity contribution is 0.437. The summed E-state index contributed by atoms with van der Waals surface area (Å²) in [6.07, 6.45) is 1.67.